The smallest absolute Gasteiger partial charge is 0.0468 e. The lowest BCUT2D eigenvalue weighted by molar-refractivity contribution is 0.574. The van der Waals surface area contributed by atoms with Gasteiger partial charge >= 0.3 is 0 Å². The molecule has 1 heterocycles. The Kier molecular flexibility index (Phi) is 5.20. The van der Waals surface area contributed by atoms with E-state index in [1.807, 2.05) is 36.5 Å². The molecule has 0 amide bonds. The summed E-state index contributed by atoms with van der Waals surface area (Å²) >= 11 is 12.1. The van der Waals surface area contributed by atoms with Crippen LogP contribution in [0.2, 0.25) is 10.0 Å². The molecule has 2 aromatic rings. The summed E-state index contributed by atoms with van der Waals surface area (Å²) in [4.78, 5) is 4.29. The fraction of sp³-hybridized carbons (Fsp3) is 0.267. The maximum Gasteiger partial charge on any atom is 0.0468 e. The second-order valence-electron chi connectivity index (χ2n) is 4.41. The van der Waals surface area contributed by atoms with Gasteiger partial charge in [0.2, 0.25) is 0 Å². The highest BCUT2D eigenvalue weighted by atomic mass is 35.5. The van der Waals surface area contributed by atoms with Gasteiger partial charge in [-0.05, 0) is 36.8 Å². The standard InChI is InChI=1S/C15H16Cl2N2/c1-11(14-6-5-12(16)10-15(14)17)18-9-7-13-4-2-3-8-19-13/h2-6,8,10-11,18H,7,9H2,1H3. The highest BCUT2D eigenvalue weighted by Gasteiger charge is 2.09. The van der Waals surface area contributed by atoms with Crippen molar-refractivity contribution in [1.82, 2.24) is 10.3 Å². The molecule has 0 saturated carbocycles. The van der Waals surface area contributed by atoms with E-state index in [9.17, 15) is 0 Å². The second-order valence-corrected chi connectivity index (χ2v) is 5.26. The van der Waals surface area contributed by atoms with Crippen LogP contribution in [0.4, 0.5) is 0 Å². The van der Waals surface area contributed by atoms with Gasteiger partial charge < -0.3 is 5.32 Å². The minimum atomic E-state index is 0.188. The van der Waals surface area contributed by atoms with E-state index < -0.39 is 0 Å². The van der Waals surface area contributed by atoms with Crippen molar-refractivity contribution >= 4 is 23.2 Å². The Balaban J connectivity index is 1.89. The van der Waals surface area contributed by atoms with Crippen LogP contribution >= 0.6 is 23.2 Å². The molecule has 1 aromatic carbocycles. The van der Waals surface area contributed by atoms with Crippen LogP contribution in [-0.4, -0.2) is 11.5 Å². The van der Waals surface area contributed by atoms with E-state index in [1.54, 1.807) is 6.07 Å². The molecule has 2 rings (SSSR count). The van der Waals surface area contributed by atoms with Crippen molar-refractivity contribution in [2.45, 2.75) is 19.4 Å². The van der Waals surface area contributed by atoms with Crippen molar-refractivity contribution in [3.8, 4) is 0 Å². The van der Waals surface area contributed by atoms with Gasteiger partial charge in [-0.2, -0.15) is 0 Å². The fourth-order valence-corrected chi connectivity index (χ4v) is 2.50. The van der Waals surface area contributed by atoms with Gasteiger partial charge in [0.05, 0.1) is 0 Å². The molecule has 1 unspecified atom stereocenters. The van der Waals surface area contributed by atoms with Crippen LogP contribution in [0.3, 0.4) is 0 Å². The molecule has 0 aliphatic carbocycles. The normalized spacial score (nSPS) is 12.4. The first-order valence-corrected chi connectivity index (χ1v) is 7.00. The van der Waals surface area contributed by atoms with Gasteiger partial charge in [-0.3, -0.25) is 4.98 Å². The number of halogens is 2. The zero-order valence-electron chi connectivity index (χ0n) is 10.7. The first kappa shape index (κ1) is 14.3. The summed E-state index contributed by atoms with van der Waals surface area (Å²) < 4.78 is 0. The van der Waals surface area contributed by atoms with E-state index in [2.05, 4.69) is 17.2 Å². The quantitative estimate of drug-likeness (QED) is 0.890. The topological polar surface area (TPSA) is 24.9 Å². The van der Waals surface area contributed by atoms with Crippen molar-refractivity contribution in [1.29, 1.82) is 0 Å². The predicted molar refractivity (Wildman–Crippen MR) is 80.8 cm³/mol. The number of hydrogen-bond donors (Lipinski definition) is 1. The summed E-state index contributed by atoms with van der Waals surface area (Å²) in [5.74, 6) is 0. The molecule has 0 radical (unpaired) electrons. The monoisotopic (exact) mass is 294 g/mol. The van der Waals surface area contributed by atoms with Gasteiger partial charge in [-0.15, -0.1) is 0 Å². The highest BCUT2D eigenvalue weighted by molar-refractivity contribution is 6.35. The number of benzene rings is 1. The number of aromatic nitrogens is 1. The first-order valence-electron chi connectivity index (χ1n) is 6.25. The molecule has 2 nitrogen and oxygen atoms in total. The predicted octanol–water partition coefficient (Wildman–Crippen LogP) is 4.28. The molecule has 1 aromatic heterocycles. The summed E-state index contributed by atoms with van der Waals surface area (Å²) in [5.41, 5.74) is 2.15. The first-order chi connectivity index (χ1) is 9.16. The van der Waals surface area contributed by atoms with Crippen LogP contribution in [0.5, 0.6) is 0 Å². The van der Waals surface area contributed by atoms with Crippen molar-refractivity contribution in [2.75, 3.05) is 6.54 Å². The molecular formula is C15H16Cl2N2. The third-order valence-corrected chi connectivity index (χ3v) is 3.55. The van der Waals surface area contributed by atoms with E-state index in [0.29, 0.717) is 10.0 Å². The van der Waals surface area contributed by atoms with Crippen molar-refractivity contribution in [3.63, 3.8) is 0 Å². The van der Waals surface area contributed by atoms with Gasteiger partial charge in [-0.1, -0.05) is 35.3 Å². The lowest BCUT2D eigenvalue weighted by atomic mass is 10.1. The van der Waals surface area contributed by atoms with Crippen molar-refractivity contribution in [2.24, 2.45) is 0 Å². The molecule has 1 atom stereocenters. The Morgan fingerprint density at radius 1 is 1.21 bits per heavy atom. The molecule has 1 N–H and O–H groups in total. The molecule has 0 saturated heterocycles. The molecule has 0 bridgehead atoms. The Morgan fingerprint density at radius 2 is 2.05 bits per heavy atom. The second kappa shape index (κ2) is 6.90. The van der Waals surface area contributed by atoms with Crippen molar-refractivity contribution in [3.05, 3.63) is 63.9 Å². The summed E-state index contributed by atoms with van der Waals surface area (Å²) in [7, 11) is 0. The zero-order valence-corrected chi connectivity index (χ0v) is 12.2. The number of hydrogen-bond acceptors (Lipinski definition) is 2. The van der Waals surface area contributed by atoms with E-state index >= 15 is 0 Å². The third kappa shape index (κ3) is 4.20. The van der Waals surface area contributed by atoms with Gasteiger partial charge in [0.25, 0.3) is 0 Å². The van der Waals surface area contributed by atoms with E-state index in [4.69, 9.17) is 23.2 Å². The van der Waals surface area contributed by atoms with Crippen molar-refractivity contribution < 1.29 is 0 Å². The highest BCUT2D eigenvalue weighted by Crippen LogP contribution is 2.25. The molecule has 0 spiro atoms. The molecule has 0 aliphatic rings. The van der Waals surface area contributed by atoms with Gasteiger partial charge in [0.1, 0.15) is 0 Å². The third-order valence-electron chi connectivity index (χ3n) is 2.99. The maximum atomic E-state index is 6.18. The number of nitrogens with one attached hydrogen (secondary N) is 1. The molecule has 19 heavy (non-hydrogen) atoms. The summed E-state index contributed by atoms with van der Waals surface area (Å²) in [6, 6.07) is 11.7. The zero-order chi connectivity index (χ0) is 13.7. The fourth-order valence-electron chi connectivity index (χ4n) is 1.93. The Labute approximate surface area is 123 Å². The Bertz CT molecular complexity index is 529. The number of rotatable bonds is 5. The lowest BCUT2D eigenvalue weighted by Gasteiger charge is -2.15. The average Bonchev–Trinajstić information content (AvgIpc) is 2.39. The Hall–Kier alpha value is -1.09. The Morgan fingerprint density at radius 3 is 2.74 bits per heavy atom. The SMILES string of the molecule is CC(NCCc1ccccn1)c1ccc(Cl)cc1Cl. The molecule has 0 fully saturated rings. The van der Waals surface area contributed by atoms with Gasteiger partial charge in [0.15, 0.2) is 0 Å². The van der Waals surface area contributed by atoms with Crippen LogP contribution in [0.25, 0.3) is 0 Å². The summed E-state index contributed by atoms with van der Waals surface area (Å²) in [6.07, 6.45) is 2.71. The van der Waals surface area contributed by atoms with Crippen LogP contribution in [0.15, 0.2) is 42.6 Å². The summed E-state index contributed by atoms with van der Waals surface area (Å²) in [5, 5.41) is 4.80. The average molecular weight is 295 g/mol. The number of nitrogens with zero attached hydrogens (tertiary/aromatic N) is 1. The van der Waals surface area contributed by atoms with Crippen LogP contribution < -0.4 is 5.32 Å². The minimum absolute atomic E-state index is 0.188. The van der Waals surface area contributed by atoms with Gasteiger partial charge in [0, 0.05) is 40.9 Å². The van der Waals surface area contributed by atoms with Crippen LogP contribution in [-0.2, 0) is 6.42 Å². The maximum absolute atomic E-state index is 6.18. The molecule has 0 aliphatic heterocycles. The van der Waals surface area contributed by atoms with Crippen LogP contribution in [0, 0.1) is 0 Å². The van der Waals surface area contributed by atoms with Gasteiger partial charge in [-0.25, -0.2) is 0 Å². The van der Waals surface area contributed by atoms with Crippen LogP contribution in [0.1, 0.15) is 24.2 Å². The minimum Gasteiger partial charge on any atom is -0.310 e. The number of pyridine rings is 1. The van der Waals surface area contributed by atoms with E-state index in [-0.39, 0.29) is 6.04 Å². The molecule has 4 heteroatoms. The molecule has 100 valence electrons. The lowest BCUT2D eigenvalue weighted by Crippen LogP contribution is -2.21. The molecular weight excluding hydrogens is 279 g/mol. The van der Waals surface area contributed by atoms with E-state index in [1.165, 1.54) is 0 Å². The summed E-state index contributed by atoms with van der Waals surface area (Å²) in [6.45, 7) is 2.95. The largest absolute Gasteiger partial charge is 0.310 e. The van der Waals surface area contributed by atoms with E-state index in [0.717, 1.165) is 24.2 Å².